The van der Waals surface area contributed by atoms with Crippen LogP contribution in [0.3, 0.4) is 0 Å². The summed E-state index contributed by atoms with van der Waals surface area (Å²) in [6, 6.07) is 8.01. The van der Waals surface area contributed by atoms with E-state index in [2.05, 4.69) is 6.92 Å². The number of methoxy groups -OCH3 is 1. The van der Waals surface area contributed by atoms with Gasteiger partial charge in [0.2, 0.25) is 0 Å². The molecule has 2 atom stereocenters. The van der Waals surface area contributed by atoms with Crippen LogP contribution in [-0.4, -0.2) is 25.7 Å². The number of hydrogen-bond acceptors (Lipinski definition) is 4. The summed E-state index contributed by atoms with van der Waals surface area (Å²) in [5.41, 5.74) is 1.45. The van der Waals surface area contributed by atoms with Gasteiger partial charge in [-0.1, -0.05) is 36.8 Å². The molecule has 0 amide bonds. The van der Waals surface area contributed by atoms with Crippen LogP contribution in [0.2, 0.25) is 0 Å². The third kappa shape index (κ3) is 5.70. The lowest BCUT2D eigenvalue weighted by molar-refractivity contribution is -0.147. The highest BCUT2D eigenvalue weighted by molar-refractivity contribution is 5.82. The number of aryl methyl sites for hydroxylation is 1. The Labute approximate surface area is 139 Å². The molecule has 0 aromatic heterocycles. The first-order chi connectivity index (χ1) is 10.8. The molecule has 0 spiro atoms. The molecule has 1 aromatic rings. The second-order valence-corrected chi connectivity index (χ2v) is 6.47. The van der Waals surface area contributed by atoms with E-state index in [1.54, 1.807) is 0 Å². The number of carbonyl (C=O) groups excluding carboxylic acids is 2. The Hall–Kier alpha value is -1.84. The molecule has 4 heteroatoms. The summed E-state index contributed by atoms with van der Waals surface area (Å²) in [5.74, 6) is -0.102. The number of ether oxygens (including phenoxy) is 2. The fourth-order valence-corrected chi connectivity index (χ4v) is 2.66. The molecule has 128 valence electrons. The van der Waals surface area contributed by atoms with Gasteiger partial charge in [0, 0.05) is 6.92 Å². The fraction of sp³-hybridized carbons (Fsp3) is 0.579. The van der Waals surface area contributed by atoms with E-state index in [-0.39, 0.29) is 11.9 Å². The summed E-state index contributed by atoms with van der Waals surface area (Å²) in [7, 11) is 1.43. The van der Waals surface area contributed by atoms with Crippen molar-refractivity contribution < 1.29 is 19.1 Å². The smallest absolute Gasteiger partial charge is 0.315 e. The normalized spacial score (nSPS) is 14.7. The molecular weight excluding hydrogens is 292 g/mol. The Morgan fingerprint density at radius 2 is 1.96 bits per heavy atom. The van der Waals surface area contributed by atoms with Gasteiger partial charge in [0.05, 0.1) is 19.1 Å². The number of carbonyl (C=O) groups is 2. The lowest BCUT2D eigenvalue weighted by atomic mass is 9.76. The van der Waals surface area contributed by atoms with Crippen molar-refractivity contribution in [2.75, 3.05) is 13.7 Å². The van der Waals surface area contributed by atoms with Crippen LogP contribution in [0.4, 0.5) is 0 Å². The van der Waals surface area contributed by atoms with E-state index < -0.39 is 5.41 Å². The summed E-state index contributed by atoms with van der Waals surface area (Å²) >= 11 is 0. The van der Waals surface area contributed by atoms with Gasteiger partial charge >= 0.3 is 11.9 Å². The molecule has 0 N–H and O–H groups in total. The van der Waals surface area contributed by atoms with Crippen molar-refractivity contribution in [2.24, 2.45) is 5.92 Å². The summed E-state index contributed by atoms with van der Waals surface area (Å²) in [5, 5.41) is 0. The summed E-state index contributed by atoms with van der Waals surface area (Å²) in [4.78, 5) is 23.2. The Kier molecular flexibility index (Phi) is 7.27. The standard InChI is InChI=1S/C19H28O4/c1-14(10-12-23-16(3)20)9-11-19(4,18(21)22-5)17-8-6-7-15(2)13-17/h6-8,13-14H,9-12H2,1-5H3. The third-order valence-electron chi connectivity index (χ3n) is 4.34. The van der Waals surface area contributed by atoms with Crippen LogP contribution >= 0.6 is 0 Å². The molecule has 1 aromatic carbocycles. The largest absolute Gasteiger partial charge is 0.468 e. The molecule has 0 heterocycles. The molecule has 23 heavy (non-hydrogen) atoms. The van der Waals surface area contributed by atoms with Crippen molar-refractivity contribution in [1.82, 2.24) is 0 Å². The number of benzene rings is 1. The van der Waals surface area contributed by atoms with Crippen LogP contribution in [0, 0.1) is 12.8 Å². The zero-order valence-electron chi connectivity index (χ0n) is 14.8. The lowest BCUT2D eigenvalue weighted by Gasteiger charge is -2.29. The number of esters is 2. The van der Waals surface area contributed by atoms with Gasteiger partial charge in [-0.05, 0) is 44.6 Å². The minimum Gasteiger partial charge on any atom is -0.468 e. The van der Waals surface area contributed by atoms with Crippen molar-refractivity contribution in [1.29, 1.82) is 0 Å². The zero-order valence-corrected chi connectivity index (χ0v) is 14.8. The SMILES string of the molecule is COC(=O)C(C)(CCC(C)CCOC(C)=O)c1cccc(C)c1. The molecule has 0 aliphatic heterocycles. The predicted octanol–water partition coefficient (Wildman–Crippen LogP) is 3.80. The van der Waals surface area contributed by atoms with Gasteiger partial charge in [-0.15, -0.1) is 0 Å². The molecule has 0 bridgehead atoms. The van der Waals surface area contributed by atoms with Crippen LogP contribution in [0.1, 0.15) is 51.2 Å². The van der Waals surface area contributed by atoms with Crippen molar-refractivity contribution in [2.45, 2.75) is 52.4 Å². The Morgan fingerprint density at radius 3 is 2.52 bits per heavy atom. The lowest BCUT2D eigenvalue weighted by Crippen LogP contribution is -2.34. The van der Waals surface area contributed by atoms with Crippen LogP contribution in [-0.2, 0) is 24.5 Å². The average molecular weight is 320 g/mol. The second kappa shape index (κ2) is 8.70. The van der Waals surface area contributed by atoms with E-state index >= 15 is 0 Å². The third-order valence-corrected chi connectivity index (χ3v) is 4.34. The van der Waals surface area contributed by atoms with Crippen LogP contribution < -0.4 is 0 Å². The van der Waals surface area contributed by atoms with Crippen molar-refractivity contribution in [3.63, 3.8) is 0 Å². The van der Waals surface area contributed by atoms with E-state index in [1.165, 1.54) is 14.0 Å². The topological polar surface area (TPSA) is 52.6 Å². The molecule has 4 nitrogen and oxygen atoms in total. The van der Waals surface area contributed by atoms with Crippen LogP contribution in [0.15, 0.2) is 24.3 Å². The maximum atomic E-state index is 12.4. The molecule has 1 rings (SSSR count). The first kappa shape index (κ1) is 19.2. The quantitative estimate of drug-likeness (QED) is 0.684. The molecule has 0 saturated carbocycles. The predicted molar refractivity (Wildman–Crippen MR) is 90.2 cm³/mol. The molecular formula is C19H28O4. The van der Waals surface area contributed by atoms with Crippen molar-refractivity contribution in [3.8, 4) is 0 Å². The summed E-state index contributed by atoms with van der Waals surface area (Å²) in [6.07, 6.45) is 2.36. The number of hydrogen-bond donors (Lipinski definition) is 0. The molecule has 2 unspecified atom stereocenters. The van der Waals surface area contributed by atoms with Crippen molar-refractivity contribution >= 4 is 11.9 Å². The monoisotopic (exact) mass is 320 g/mol. The van der Waals surface area contributed by atoms with Gasteiger partial charge in [0.25, 0.3) is 0 Å². The highest BCUT2D eigenvalue weighted by Gasteiger charge is 2.36. The number of rotatable bonds is 8. The zero-order chi connectivity index (χ0) is 17.5. The summed E-state index contributed by atoms with van der Waals surface area (Å²) < 4.78 is 10.0. The van der Waals surface area contributed by atoms with Crippen LogP contribution in [0.5, 0.6) is 0 Å². The van der Waals surface area contributed by atoms with Gasteiger partial charge in [-0.2, -0.15) is 0 Å². The van der Waals surface area contributed by atoms with Crippen molar-refractivity contribution in [3.05, 3.63) is 35.4 Å². The summed E-state index contributed by atoms with van der Waals surface area (Å²) in [6.45, 7) is 7.90. The highest BCUT2D eigenvalue weighted by Crippen LogP contribution is 2.33. The van der Waals surface area contributed by atoms with E-state index in [1.807, 2.05) is 38.1 Å². The second-order valence-electron chi connectivity index (χ2n) is 6.47. The first-order valence-corrected chi connectivity index (χ1v) is 8.08. The molecule has 0 radical (unpaired) electrons. The van der Waals surface area contributed by atoms with E-state index in [0.29, 0.717) is 18.9 Å². The van der Waals surface area contributed by atoms with Gasteiger partial charge < -0.3 is 9.47 Å². The van der Waals surface area contributed by atoms with E-state index in [4.69, 9.17) is 9.47 Å². The van der Waals surface area contributed by atoms with Gasteiger partial charge in [-0.25, -0.2) is 0 Å². The van der Waals surface area contributed by atoms with E-state index in [0.717, 1.165) is 24.0 Å². The first-order valence-electron chi connectivity index (χ1n) is 8.08. The van der Waals surface area contributed by atoms with Gasteiger partial charge in [0.15, 0.2) is 0 Å². The molecule has 0 aliphatic carbocycles. The molecule has 0 saturated heterocycles. The Balaban J connectivity index is 2.76. The van der Waals surface area contributed by atoms with Gasteiger partial charge in [-0.3, -0.25) is 9.59 Å². The Bertz CT molecular complexity index is 538. The minimum absolute atomic E-state index is 0.213. The fourth-order valence-electron chi connectivity index (χ4n) is 2.66. The maximum absolute atomic E-state index is 12.4. The maximum Gasteiger partial charge on any atom is 0.315 e. The average Bonchev–Trinajstić information content (AvgIpc) is 2.51. The Morgan fingerprint density at radius 1 is 1.26 bits per heavy atom. The van der Waals surface area contributed by atoms with Crippen LogP contribution in [0.25, 0.3) is 0 Å². The van der Waals surface area contributed by atoms with Gasteiger partial charge in [0.1, 0.15) is 0 Å². The minimum atomic E-state index is -0.656. The van der Waals surface area contributed by atoms with E-state index in [9.17, 15) is 9.59 Å². The molecule has 0 aliphatic rings. The highest BCUT2D eigenvalue weighted by atomic mass is 16.5. The molecule has 0 fully saturated rings.